The van der Waals surface area contributed by atoms with E-state index in [1.165, 1.54) is 12.1 Å². The van der Waals surface area contributed by atoms with Gasteiger partial charge in [-0.3, -0.25) is 0 Å². The first-order chi connectivity index (χ1) is 12.6. The quantitative estimate of drug-likeness (QED) is 0.680. The number of unbranched alkanes of at least 4 members (excludes halogenated alkanes) is 2. The predicted molar refractivity (Wildman–Crippen MR) is 98.4 cm³/mol. The minimum Gasteiger partial charge on any atom is -0.486 e. The standard InChI is InChI=1S/C20H22FN3O2/c1-2-3-4-10-23-20(25)24-17-8-9-19(18(21)12-17)26-14-16-7-5-6-15(11-16)13-22/h5-9,11-12H,2-4,10,14H2,1H3,(H2,23,24,25). The number of amides is 2. The average molecular weight is 355 g/mol. The number of hydrogen-bond donors (Lipinski definition) is 2. The molecule has 0 bridgehead atoms. The summed E-state index contributed by atoms with van der Waals surface area (Å²) >= 11 is 0. The number of nitrogens with zero attached hydrogens (tertiary/aromatic N) is 1. The monoisotopic (exact) mass is 355 g/mol. The van der Waals surface area contributed by atoms with Crippen molar-refractivity contribution in [3.05, 3.63) is 59.4 Å². The zero-order valence-corrected chi connectivity index (χ0v) is 14.7. The van der Waals surface area contributed by atoms with E-state index in [1.54, 1.807) is 30.3 Å². The zero-order valence-electron chi connectivity index (χ0n) is 14.7. The molecule has 2 aromatic carbocycles. The molecule has 2 aromatic rings. The van der Waals surface area contributed by atoms with E-state index in [-0.39, 0.29) is 18.4 Å². The van der Waals surface area contributed by atoms with Gasteiger partial charge in [0.25, 0.3) is 0 Å². The summed E-state index contributed by atoms with van der Waals surface area (Å²) in [6, 6.07) is 12.9. The lowest BCUT2D eigenvalue weighted by Gasteiger charge is -2.10. The molecular weight excluding hydrogens is 333 g/mol. The summed E-state index contributed by atoms with van der Waals surface area (Å²) < 4.78 is 19.6. The van der Waals surface area contributed by atoms with Crippen LogP contribution in [-0.4, -0.2) is 12.6 Å². The third-order valence-corrected chi connectivity index (χ3v) is 3.71. The lowest BCUT2D eigenvalue weighted by atomic mass is 10.1. The number of carbonyl (C=O) groups is 1. The molecule has 0 aliphatic rings. The fourth-order valence-electron chi connectivity index (χ4n) is 2.34. The fraction of sp³-hybridized carbons (Fsp3) is 0.300. The SMILES string of the molecule is CCCCCNC(=O)Nc1ccc(OCc2cccc(C#N)c2)c(F)c1. The molecule has 0 aliphatic heterocycles. The number of rotatable bonds is 8. The molecule has 6 heteroatoms. The van der Waals surface area contributed by atoms with Crippen molar-refractivity contribution in [2.75, 3.05) is 11.9 Å². The van der Waals surface area contributed by atoms with Crippen molar-refractivity contribution in [2.24, 2.45) is 0 Å². The highest BCUT2D eigenvalue weighted by atomic mass is 19.1. The molecule has 2 amide bonds. The first kappa shape index (κ1) is 19.3. The number of benzene rings is 2. The second-order valence-corrected chi connectivity index (χ2v) is 5.83. The highest BCUT2D eigenvalue weighted by Crippen LogP contribution is 2.22. The van der Waals surface area contributed by atoms with Crippen molar-refractivity contribution in [1.82, 2.24) is 5.32 Å². The van der Waals surface area contributed by atoms with Gasteiger partial charge in [-0.2, -0.15) is 5.26 Å². The smallest absolute Gasteiger partial charge is 0.319 e. The van der Waals surface area contributed by atoms with Crippen LogP contribution in [0, 0.1) is 17.1 Å². The van der Waals surface area contributed by atoms with Crippen molar-refractivity contribution >= 4 is 11.7 Å². The van der Waals surface area contributed by atoms with Crippen LogP contribution in [0.25, 0.3) is 0 Å². The number of anilines is 1. The van der Waals surface area contributed by atoms with E-state index in [2.05, 4.69) is 17.6 Å². The highest BCUT2D eigenvalue weighted by molar-refractivity contribution is 5.89. The van der Waals surface area contributed by atoms with E-state index in [9.17, 15) is 9.18 Å². The van der Waals surface area contributed by atoms with Crippen LogP contribution in [0.4, 0.5) is 14.9 Å². The summed E-state index contributed by atoms with van der Waals surface area (Å²) in [4.78, 5) is 11.7. The Bertz CT molecular complexity index is 787. The van der Waals surface area contributed by atoms with Crippen LogP contribution in [0.3, 0.4) is 0 Å². The second kappa shape index (κ2) is 10.0. The Kier molecular flexibility index (Phi) is 7.44. The minimum absolute atomic E-state index is 0.0845. The van der Waals surface area contributed by atoms with Gasteiger partial charge in [-0.25, -0.2) is 9.18 Å². The van der Waals surface area contributed by atoms with Crippen molar-refractivity contribution in [3.8, 4) is 11.8 Å². The van der Waals surface area contributed by atoms with E-state index in [0.717, 1.165) is 24.8 Å². The second-order valence-electron chi connectivity index (χ2n) is 5.83. The van der Waals surface area contributed by atoms with Crippen LogP contribution >= 0.6 is 0 Å². The topological polar surface area (TPSA) is 74.2 Å². The Hall–Kier alpha value is -3.07. The summed E-state index contributed by atoms with van der Waals surface area (Å²) in [7, 11) is 0. The van der Waals surface area contributed by atoms with Crippen LogP contribution in [-0.2, 0) is 6.61 Å². The molecular formula is C20H22FN3O2. The summed E-state index contributed by atoms with van der Waals surface area (Å²) in [5.41, 5.74) is 1.66. The third-order valence-electron chi connectivity index (χ3n) is 3.71. The lowest BCUT2D eigenvalue weighted by molar-refractivity contribution is 0.252. The Morgan fingerprint density at radius 3 is 2.81 bits per heavy atom. The van der Waals surface area contributed by atoms with Gasteiger partial charge in [0.1, 0.15) is 6.61 Å². The largest absolute Gasteiger partial charge is 0.486 e. The van der Waals surface area contributed by atoms with Crippen LogP contribution in [0.15, 0.2) is 42.5 Å². The molecule has 136 valence electrons. The van der Waals surface area contributed by atoms with Gasteiger partial charge in [-0.1, -0.05) is 31.9 Å². The van der Waals surface area contributed by atoms with Gasteiger partial charge in [-0.15, -0.1) is 0 Å². The van der Waals surface area contributed by atoms with E-state index < -0.39 is 5.82 Å². The molecule has 0 fully saturated rings. The van der Waals surface area contributed by atoms with Gasteiger partial charge in [-0.05, 0) is 36.2 Å². The maximum absolute atomic E-state index is 14.2. The van der Waals surface area contributed by atoms with Crippen molar-refractivity contribution < 1.29 is 13.9 Å². The first-order valence-electron chi connectivity index (χ1n) is 8.58. The van der Waals surface area contributed by atoms with Crippen LogP contribution < -0.4 is 15.4 Å². The van der Waals surface area contributed by atoms with Gasteiger partial charge in [0, 0.05) is 18.3 Å². The summed E-state index contributed by atoms with van der Waals surface area (Å²) in [5, 5.41) is 14.2. The van der Waals surface area contributed by atoms with Crippen LogP contribution in [0.2, 0.25) is 0 Å². The fourth-order valence-corrected chi connectivity index (χ4v) is 2.34. The molecule has 0 radical (unpaired) electrons. The maximum Gasteiger partial charge on any atom is 0.319 e. The van der Waals surface area contributed by atoms with Crippen LogP contribution in [0.1, 0.15) is 37.3 Å². The zero-order chi connectivity index (χ0) is 18.8. The third kappa shape index (κ3) is 6.10. The van der Waals surface area contributed by atoms with E-state index in [1.807, 2.05) is 6.07 Å². The summed E-state index contributed by atoms with van der Waals surface area (Å²) in [5.74, 6) is -0.480. The minimum atomic E-state index is -0.565. The molecule has 2 rings (SSSR count). The average Bonchev–Trinajstić information content (AvgIpc) is 2.65. The lowest BCUT2D eigenvalue weighted by Crippen LogP contribution is -2.29. The normalized spacial score (nSPS) is 10.0. The van der Waals surface area contributed by atoms with Crippen LogP contribution in [0.5, 0.6) is 5.75 Å². The highest BCUT2D eigenvalue weighted by Gasteiger charge is 2.08. The van der Waals surface area contributed by atoms with E-state index >= 15 is 0 Å². The maximum atomic E-state index is 14.2. The molecule has 0 saturated heterocycles. The Morgan fingerprint density at radius 1 is 1.23 bits per heavy atom. The molecule has 26 heavy (non-hydrogen) atoms. The number of ether oxygens (including phenoxy) is 1. The number of nitriles is 1. The Balaban J connectivity index is 1.88. The number of carbonyl (C=O) groups excluding carboxylic acids is 1. The number of nitrogens with one attached hydrogen (secondary N) is 2. The predicted octanol–water partition coefficient (Wildman–Crippen LogP) is 4.59. The molecule has 2 N–H and O–H groups in total. The summed E-state index contributed by atoms with van der Waals surface area (Å²) in [6.45, 7) is 2.83. The number of urea groups is 1. The first-order valence-corrected chi connectivity index (χ1v) is 8.58. The molecule has 0 atom stereocenters. The van der Waals surface area contributed by atoms with Crippen molar-refractivity contribution in [2.45, 2.75) is 32.8 Å². The molecule has 5 nitrogen and oxygen atoms in total. The number of hydrogen-bond acceptors (Lipinski definition) is 3. The van der Waals surface area contributed by atoms with Gasteiger partial charge in [0.2, 0.25) is 0 Å². The molecule has 0 spiro atoms. The molecule has 0 aliphatic carbocycles. The van der Waals surface area contributed by atoms with E-state index in [4.69, 9.17) is 10.00 Å². The molecule has 0 heterocycles. The number of halogens is 1. The van der Waals surface area contributed by atoms with Gasteiger partial charge >= 0.3 is 6.03 Å². The Labute approximate surface area is 152 Å². The van der Waals surface area contributed by atoms with E-state index in [0.29, 0.717) is 17.8 Å². The molecule has 0 aromatic heterocycles. The molecule has 0 unspecified atom stereocenters. The molecule has 0 saturated carbocycles. The summed E-state index contributed by atoms with van der Waals surface area (Å²) in [6.07, 6.45) is 3.05. The van der Waals surface area contributed by atoms with Gasteiger partial charge in [0.15, 0.2) is 11.6 Å². The Morgan fingerprint density at radius 2 is 2.08 bits per heavy atom. The van der Waals surface area contributed by atoms with Crippen molar-refractivity contribution in [3.63, 3.8) is 0 Å². The van der Waals surface area contributed by atoms with Crippen molar-refractivity contribution in [1.29, 1.82) is 5.26 Å². The van der Waals surface area contributed by atoms with Gasteiger partial charge < -0.3 is 15.4 Å². The van der Waals surface area contributed by atoms with Gasteiger partial charge in [0.05, 0.1) is 11.6 Å².